The number of nitrogens with zero attached hydrogens (tertiary/aromatic N) is 3. The average molecular weight is 362 g/mol. The molecule has 1 aromatic heterocycles. The number of aromatic nitrogens is 2. The molecule has 0 atom stereocenters. The molecule has 138 valence electrons. The number of carbonyl (C=O) groups excluding carboxylic acids is 1. The third-order valence-electron chi connectivity index (χ3n) is 4.85. The van der Waals surface area contributed by atoms with Crippen molar-refractivity contribution in [2.24, 2.45) is 0 Å². The summed E-state index contributed by atoms with van der Waals surface area (Å²) in [5.74, 6) is 0.753. The molecule has 0 radical (unpaired) electrons. The number of aliphatic hydroxyl groups excluding tert-OH is 1. The van der Waals surface area contributed by atoms with E-state index >= 15 is 0 Å². The fraction of sp³-hybridized carbons (Fsp3) is 0.238. The first kappa shape index (κ1) is 17.1. The summed E-state index contributed by atoms with van der Waals surface area (Å²) in [5.41, 5.74) is 4.29. The molecule has 27 heavy (non-hydrogen) atoms. The molecule has 6 heteroatoms. The van der Waals surface area contributed by atoms with Crippen LogP contribution in [0.3, 0.4) is 0 Å². The Balaban J connectivity index is 1.56. The minimum atomic E-state index is -0.172. The van der Waals surface area contributed by atoms with Crippen LogP contribution in [0.15, 0.2) is 54.3 Å². The summed E-state index contributed by atoms with van der Waals surface area (Å²) in [6.45, 7) is 0.665. The van der Waals surface area contributed by atoms with E-state index in [9.17, 15) is 9.90 Å². The maximum absolute atomic E-state index is 12.6. The maximum Gasteiger partial charge on any atom is 0.229 e. The van der Waals surface area contributed by atoms with Gasteiger partial charge in [-0.1, -0.05) is 12.1 Å². The summed E-state index contributed by atoms with van der Waals surface area (Å²) in [7, 11) is 3.94. The van der Waals surface area contributed by atoms with Crippen LogP contribution in [-0.4, -0.2) is 34.7 Å². The van der Waals surface area contributed by atoms with Gasteiger partial charge in [-0.2, -0.15) is 0 Å². The van der Waals surface area contributed by atoms with Crippen molar-refractivity contribution in [2.75, 3.05) is 24.3 Å². The lowest BCUT2D eigenvalue weighted by Crippen LogP contribution is -2.18. The highest BCUT2D eigenvalue weighted by Crippen LogP contribution is 2.31. The van der Waals surface area contributed by atoms with Crippen molar-refractivity contribution in [3.05, 3.63) is 60.1 Å². The van der Waals surface area contributed by atoms with Gasteiger partial charge in [0.25, 0.3) is 0 Å². The summed E-state index contributed by atoms with van der Waals surface area (Å²) in [6.07, 6.45) is 0.595. The number of anilines is 2. The van der Waals surface area contributed by atoms with Gasteiger partial charge in [0.05, 0.1) is 17.5 Å². The Labute approximate surface area is 157 Å². The number of carbonyl (C=O) groups is 1. The molecular formula is C21H22N4O2. The van der Waals surface area contributed by atoms with E-state index in [0.717, 1.165) is 22.4 Å². The Hall–Kier alpha value is -3.28. The van der Waals surface area contributed by atoms with E-state index in [1.807, 2.05) is 67.5 Å². The van der Waals surface area contributed by atoms with Crippen molar-refractivity contribution >= 4 is 33.9 Å². The number of amides is 1. The second-order valence-electron chi connectivity index (χ2n) is 6.92. The second-order valence-corrected chi connectivity index (χ2v) is 6.92. The van der Waals surface area contributed by atoms with Crippen molar-refractivity contribution in [1.29, 1.82) is 0 Å². The van der Waals surface area contributed by atoms with Gasteiger partial charge >= 0.3 is 0 Å². The van der Waals surface area contributed by atoms with Crippen LogP contribution in [0.25, 0.3) is 16.6 Å². The fourth-order valence-electron chi connectivity index (χ4n) is 3.42. The number of benzene rings is 2. The third kappa shape index (κ3) is 3.26. The first-order chi connectivity index (χ1) is 13.0. The van der Waals surface area contributed by atoms with Crippen molar-refractivity contribution < 1.29 is 9.90 Å². The zero-order valence-corrected chi connectivity index (χ0v) is 15.4. The lowest BCUT2D eigenvalue weighted by Gasteiger charge is -2.19. The van der Waals surface area contributed by atoms with Crippen molar-refractivity contribution in [3.63, 3.8) is 0 Å². The molecule has 0 saturated heterocycles. The SMILES string of the molecule is CN(C)c1ccc(NC(=O)CC2=C(O)CCn3c2nc2ccccc23)cc1. The summed E-state index contributed by atoms with van der Waals surface area (Å²) in [5, 5.41) is 13.3. The molecule has 1 amide bonds. The minimum absolute atomic E-state index is 0.0879. The van der Waals surface area contributed by atoms with Crippen LogP contribution in [0, 0.1) is 0 Å². The van der Waals surface area contributed by atoms with Gasteiger partial charge in [0, 0.05) is 44.0 Å². The third-order valence-corrected chi connectivity index (χ3v) is 4.85. The zero-order valence-electron chi connectivity index (χ0n) is 15.4. The predicted octanol–water partition coefficient (Wildman–Crippen LogP) is 3.80. The topological polar surface area (TPSA) is 70.4 Å². The Bertz CT molecular complexity index is 1030. The van der Waals surface area contributed by atoms with Gasteiger partial charge < -0.3 is 19.9 Å². The smallest absolute Gasteiger partial charge is 0.229 e. The summed E-state index contributed by atoms with van der Waals surface area (Å²) in [6, 6.07) is 15.5. The Morgan fingerprint density at radius 2 is 1.93 bits per heavy atom. The maximum atomic E-state index is 12.6. The van der Waals surface area contributed by atoms with E-state index in [-0.39, 0.29) is 18.1 Å². The van der Waals surface area contributed by atoms with Crippen LogP contribution in [0.1, 0.15) is 18.7 Å². The monoisotopic (exact) mass is 362 g/mol. The van der Waals surface area contributed by atoms with Crippen LogP contribution >= 0.6 is 0 Å². The first-order valence-electron chi connectivity index (χ1n) is 8.97. The predicted molar refractivity (Wildman–Crippen MR) is 108 cm³/mol. The van der Waals surface area contributed by atoms with Gasteiger partial charge in [-0.25, -0.2) is 4.98 Å². The average Bonchev–Trinajstić information content (AvgIpc) is 3.03. The van der Waals surface area contributed by atoms with Crippen molar-refractivity contribution in [1.82, 2.24) is 9.55 Å². The highest BCUT2D eigenvalue weighted by atomic mass is 16.3. The molecule has 0 unspecified atom stereocenters. The molecule has 1 aliphatic heterocycles. The normalized spacial score (nSPS) is 13.6. The number of aliphatic hydroxyl groups is 1. The number of allylic oxidation sites excluding steroid dienone is 1. The van der Waals surface area contributed by atoms with Gasteiger partial charge in [0.1, 0.15) is 11.6 Å². The number of para-hydroxylation sites is 2. The van der Waals surface area contributed by atoms with E-state index in [1.54, 1.807) is 0 Å². The zero-order chi connectivity index (χ0) is 19.0. The van der Waals surface area contributed by atoms with Gasteiger partial charge in [0.15, 0.2) is 0 Å². The van der Waals surface area contributed by atoms with E-state index in [1.165, 1.54) is 0 Å². The number of imidazole rings is 1. The van der Waals surface area contributed by atoms with Crippen LogP contribution in [0.2, 0.25) is 0 Å². The molecule has 0 saturated carbocycles. The lowest BCUT2D eigenvalue weighted by molar-refractivity contribution is -0.115. The largest absolute Gasteiger partial charge is 0.512 e. The molecule has 2 N–H and O–H groups in total. The van der Waals surface area contributed by atoms with Gasteiger partial charge in [0.2, 0.25) is 5.91 Å². The molecule has 0 bridgehead atoms. The van der Waals surface area contributed by atoms with Crippen molar-refractivity contribution in [3.8, 4) is 0 Å². The Kier molecular flexibility index (Phi) is 4.32. The highest BCUT2D eigenvalue weighted by Gasteiger charge is 2.24. The summed E-state index contributed by atoms with van der Waals surface area (Å²) in [4.78, 5) is 19.2. The van der Waals surface area contributed by atoms with Crippen LogP contribution < -0.4 is 10.2 Å². The number of fused-ring (bicyclic) bond motifs is 3. The quantitative estimate of drug-likeness (QED) is 0.740. The number of hydrogen-bond donors (Lipinski definition) is 2. The van der Waals surface area contributed by atoms with Crippen LogP contribution in [0.4, 0.5) is 11.4 Å². The molecule has 1 aliphatic rings. The molecule has 2 heterocycles. The highest BCUT2D eigenvalue weighted by molar-refractivity contribution is 5.98. The van der Waals surface area contributed by atoms with Gasteiger partial charge in [-0.15, -0.1) is 0 Å². The number of aryl methyl sites for hydroxylation is 1. The molecule has 6 nitrogen and oxygen atoms in total. The summed E-state index contributed by atoms with van der Waals surface area (Å²) < 4.78 is 2.07. The minimum Gasteiger partial charge on any atom is -0.512 e. The Morgan fingerprint density at radius 3 is 2.67 bits per heavy atom. The van der Waals surface area contributed by atoms with E-state index in [4.69, 9.17) is 0 Å². The standard InChI is InChI=1S/C21H22N4O2/c1-24(2)15-9-7-14(8-10-15)22-20(27)13-16-19(26)11-12-25-18-6-4-3-5-17(18)23-21(16)25/h3-10,26H,11-13H2,1-2H3,(H,22,27). The fourth-order valence-corrected chi connectivity index (χ4v) is 3.42. The van der Waals surface area contributed by atoms with Crippen LogP contribution in [0.5, 0.6) is 0 Å². The van der Waals surface area contributed by atoms with Crippen LogP contribution in [-0.2, 0) is 11.3 Å². The molecular weight excluding hydrogens is 340 g/mol. The van der Waals surface area contributed by atoms with Gasteiger partial charge in [-0.3, -0.25) is 4.79 Å². The van der Waals surface area contributed by atoms with Gasteiger partial charge in [-0.05, 0) is 36.4 Å². The molecule has 2 aromatic carbocycles. The molecule has 4 rings (SSSR count). The second kappa shape index (κ2) is 6.79. The van der Waals surface area contributed by atoms with Crippen molar-refractivity contribution in [2.45, 2.75) is 19.4 Å². The molecule has 0 spiro atoms. The summed E-state index contributed by atoms with van der Waals surface area (Å²) >= 11 is 0. The Morgan fingerprint density at radius 1 is 1.19 bits per heavy atom. The number of nitrogens with one attached hydrogen (secondary N) is 1. The first-order valence-corrected chi connectivity index (χ1v) is 8.97. The van der Waals surface area contributed by atoms with E-state index < -0.39 is 0 Å². The van der Waals surface area contributed by atoms with E-state index in [0.29, 0.717) is 24.4 Å². The number of hydrogen-bond acceptors (Lipinski definition) is 4. The van der Waals surface area contributed by atoms with E-state index in [2.05, 4.69) is 14.9 Å². The molecule has 0 fully saturated rings. The molecule has 0 aliphatic carbocycles. The lowest BCUT2D eigenvalue weighted by atomic mass is 10.0. The number of rotatable bonds is 4. The molecule has 3 aromatic rings.